The molecule has 2 heterocycles. The normalized spacial score (nSPS) is 14.9. The van der Waals surface area contributed by atoms with E-state index in [1.807, 2.05) is 28.9 Å². The number of amides is 2. The van der Waals surface area contributed by atoms with Crippen molar-refractivity contribution in [1.82, 2.24) is 24.6 Å². The average Bonchev–Trinajstić information content (AvgIpc) is 3.46. The van der Waals surface area contributed by atoms with E-state index in [0.29, 0.717) is 49.5 Å². The number of hydrogen-bond donors (Lipinski definition) is 0. The van der Waals surface area contributed by atoms with Crippen LogP contribution in [-0.2, 0) is 4.79 Å². The highest BCUT2D eigenvalue weighted by Gasteiger charge is 2.30. The molecule has 0 saturated carbocycles. The Morgan fingerprint density at radius 2 is 1.64 bits per heavy atom. The molecule has 2 amide bonds. The van der Waals surface area contributed by atoms with Crippen LogP contribution < -0.4 is 9.47 Å². The molecule has 0 N–H and O–H groups in total. The molecule has 1 aromatic heterocycles. The zero-order valence-corrected chi connectivity index (χ0v) is 26.8. The van der Waals surface area contributed by atoms with Crippen LogP contribution >= 0.6 is 11.8 Å². The zero-order valence-electron chi connectivity index (χ0n) is 25.9. The number of methoxy groups -OCH3 is 2. The maximum atomic E-state index is 13.3. The Morgan fingerprint density at radius 1 is 0.932 bits per heavy atom. The highest BCUT2D eigenvalue weighted by molar-refractivity contribution is 7.99. The van der Waals surface area contributed by atoms with Crippen molar-refractivity contribution >= 4 is 23.6 Å². The van der Waals surface area contributed by atoms with Crippen molar-refractivity contribution in [2.75, 3.05) is 39.6 Å². The largest absolute Gasteiger partial charge is 0.497 e. The fourth-order valence-electron chi connectivity index (χ4n) is 5.41. The molecule has 1 aliphatic heterocycles. The summed E-state index contributed by atoms with van der Waals surface area (Å²) in [5.74, 6) is 2.67. The molecule has 1 fully saturated rings. The first-order chi connectivity index (χ1) is 21.3. The molecule has 9 nitrogen and oxygen atoms in total. The van der Waals surface area contributed by atoms with Gasteiger partial charge < -0.3 is 19.3 Å². The molecule has 1 aliphatic rings. The quantitative estimate of drug-likeness (QED) is 0.165. The number of carbonyl (C=O) groups excluding carboxylic acids is 2. The Morgan fingerprint density at radius 3 is 2.30 bits per heavy atom. The van der Waals surface area contributed by atoms with Gasteiger partial charge in [-0.2, -0.15) is 0 Å². The first kappa shape index (κ1) is 31.1. The minimum atomic E-state index is -0.111. The standard InChI is InChI=1S/C34H39N5O4S/c1-23-12-14-26(15-13-23)32-35-36-34(39(32)30-10-7-6-9-24(30)2)44-18-8-11-31(40)37-16-17-38(25(3)22-37)33(41)27-19-28(42-4)21-29(20-27)43-5/h6-7,9-10,12-15,19-21,25H,8,11,16-18,22H2,1-5H3. The number of hydrogen-bond acceptors (Lipinski definition) is 7. The number of piperazine rings is 1. The predicted molar refractivity (Wildman–Crippen MR) is 173 cm³/mol. The second-order valence-electron chi connectivity index (χ2n) is 11.0. The van der Waals surface area contributed by atoms with Crippen molar-refractivity contribution < 1.29 is 19.1 Å². The summed E-state index contributed by atoms with van der Waals surface area (Å²) in [6.45, 7) is 7.61. The molecule has 3 aromatic carbocycles. The molecule has 4 aromatic rings. The number of aromatic nitrogens is 3. The van der Waals surface area contributed by atoms with Crippen LogP contribution in [0, 0.1) is 13.8 Å². The topological polar surface area (TPSA) is 89.8 Å². The van der Waals surface area contributed by atoms with E-state index in [9.17, 15) is 9.59 Å². The fraction of sp³-hybridized carbons (Fsp3) is 0.353. The molecular weight excluding hydrogens is 574 g/mol. The summed E-state index contributed by atoms with van der Waals surface area (Å²) >= 11 is 1.61. The summed E-state index contributed by atoms with van der Waals surface area (Å²) < 4.78 is 12.8. The van der Waals surface area contributed by atoms with Gasteiger partial charge in [0.15, 0.2) is 11.0 Å². The monoisotopic (exact) mass is 613 g/mol. The molecule has 0 spiro atoms. The summed E-state index contributed by atoms with van der Waals surface area (Å²) in [5, 5.41) is 9.91. The second kappa shape index (κ2) is 14.0. The highest BCUT2D eigenvalue weighted by Crippen LogP contribution is 2.30. The van der Waals surface area contributed by atoms with E-state index in [1.165, 1.54) is 5.56 Å². The van der Waals surface area contributed by atoms with Crippen LogP contribution in [0.3, 0.4) is 0 Å². The van der Waals surface area contributed by atoms with Crippen LogP contribution in [0.1, 0.15) is 41.3 Å². The Labute approximate surface area is 263 Å². The number of aryl methyl sites for hydroxylation is 2. The van der Waals surface area contributed by atoms with Crippen molar-refractivity contribution in [2.45, 2.75) is 44.8 Å². The molecule has 0 bridgehead atoms. The summed E-state index contributed by atoms with van der Waals surface area (Å²) in [6, 6.07) is 21.6. The van der Waals surface area contributed by atoms with Gasteiger partial charge in [-0.15, -0.1) is 10.2 Å². The molecular formula is C34H39N5O4S. The van der Waals surface area contributed by atoms with Crippen molar-refractivity contribution in [3.63, 3.8) is 0 Å². The molecule has 5 rings (SSSR count). The average molecular weight is 614 g/mol. The van der Waals surface area contributed by atoms with E-state index in [0.717, 1.165) is 33.5 Å². The zero-order chi connectivity index (χ0) is 31.2. The van der Waals surface area contributed by atoms with Crippen LogP contribution in [0.25, 0.3) is 17.1 Å². The van der Waals surface area contributed by atoms with Gasteiger partial charge in [0.1, 0.15) is 11.5 Å². The molecule has 44 heavy (non-hydrogen) atoms. The van der Waals surface area contributed by atoms with Gasteiger partial charge in [-0.05, 0) is 51.0 Å². The molecule has 1 saturated heterocycles. The van der Waals surface area contributed by atoms with Crippen LogP contribution in [0.4, 0.5) is 0 Å². The first-order valence-corrected chi connectivity index (χ1v) is 15.8. The fourth-order valence-corrected chi connectivity index (χ4v) is 6.30. The van der Waals surface area contributed by atoms with Crippen LogP contribution in [0.2, 0.25) is 0 Å². The number of ether oxygens (including phenoxy) is 2. The third-order valence-corrected chi connectivity index (χ3v) is 8.92. The molecule has 1 atom stereocenters. The number of rotatable bonds is 10. The van der Waals surface area contributed by atoms with Crippen molar-refractivity contribution in [2.24, 2.45) is 0 Å². The SMILES string of the molecule is COc1cc(OC)cc(C(=O)N2CCN(C(=O)CCCSc3nnc(-c4ccc(C)cc4)n3-c3ccccc3C)CC2C)c1. The van der Waals surface area contributed by atoms with Crippen LogP contribution in [0.15, 0.2) is 71.9 Å². The lowest BCUT2D eigenvalue weighted by Gasteiger charge is -2.40. The lowest BCUT2D eigenvalue weighted by atomic mass is 10.1. The maximum Gasteiger partial charge on any atom is 0.254 e. The lowest BCUT2D eigenvalue weighted by molar-refractivity contribution is -0.133. The van der Waals surface area contributed by atoms with Crippen LogP contribution in [-0.4, -0.2) is 82.0 Å². The van der Waals surface area contributed by atoms with Gasteiger partial charge in [0.05, 0.1) is 19.9 Å². The highest BCUT2D eigenvalue weighted by atomic mass is 32.2. The molecule has 10 heteroatoms. The van der Waals surface area contributed by atoms with Gasteiger partial charge >= 0.3 is 0 Å². The van der Waals surface area contributed by atoms with Gasteiger partial charge in [0, 0.05) is 55.0 Å². The number of benzene rings is 3. The Kier molecular flexibility index (Phi) is 9.89. The van der Waals surface area contributed by atoms with Gasteiger partial charge in [-0.25, -0.2) is 0 Å². The van der Waals surface area contributed by atoms with Gasteiger partial charge in [0.2, 0.25) is 5.91 Å². The smallest absolute Gasteiger partial charge is 0.254 e. The minimum Gasteiger partial charge on any atom is -0.497 e. The number of carbonyl (C=O) groups is 2. The number of para-hydroxylation sites is 1. The lowest BCUT2D eigenvalue weighted by Crippen LogP contribution is -2.55. The number of nitrogens with zero attached hydrogens (tertiary/aromatic N) is 5. The summed E-state index contributed by atoms with van der Waals surface area (Å²) in [4.78, 5) is 30.2. The summed E-state index contributed by atoms with van der Waals surface area (Å²) in [7, 11) is 3.12. The third kappa shape index (κ3) is 6.91. The third-order valence-electron chi connectivity index (χ3n) is 7.91. The summed E-state index contributed by atoms with van der Waals surface area (Å²) in [5.41, 5.74) is 4.88. The van der Waals surface area contributed by atoms with E-state index in [-0.39, 0.29) is 17.9 Å². The summed E-state index contributed by atoms with van der Waals surface area (Å²) in [6.07, 6.45) is 1.14. The maximum absolute atomic E-state index is 13.3. The molecule has 0 radical (unpaired) electrons. The van der Waals surface area contributed by atoms with E-state index < -0.39 is 0 Å². The van der Waals surface area contributed by atoms with Gasteiger partial charge in [-0.3, -0.25) is 14.2 Å². The van der Waals surface area contributed by atoms with Crippen LogP contribution in [0.5, 0.6) is 11.5 Å². The van der Waals surface area contributed by atoms with E-state index in [1.54, 1.807) is 44.2 Å². The van der Waals surface area contributed by atoms with Gasteiger partial charge in [-0.1, -0.05) is 59.8 Å². The van der Waals surface area contributed by atoms with Crippen molar-refractivity contribution in [3.8, 4) is 28.6 Å². The minimum absolute atomic E-state index is 0.0963. The van der Waals surface area contributed by atoms with Crippen molar-refractivity contribution in [1.29, 1.82) is 0 Å². The Hall–Kier alpha value is -4.31. The van der Waals surface area contributed by atoms with E-state index >= 15 is 0 Å². The first-order valence-electron chi connectivity index (χ1n) is 14.8. The molecule has 0 aliphatic carbocycles. The molecule has 230 valence electrons. The van der Waals surface area contributed by atoms with Gasteiger partial charge in [0.25, 0.3) is 5.91 Å². The molecule has 1 unspecified atom stereocenters. The predicted octanol–water partition coefficient (Wildman–Crippen LogP) is 5.81. The Balaban J connectivity index is 1.19. The van der Waals surface area contributed by atoms with E-state index in [2.05, 4.69) is 65.0 Å². The number of thioether (sulfide) groups is 1. The second-order valence-corrected chi connectivity index (χ2v) is 12.1. The Bertz CT molecular complexity index is 1600. The van der Waals surface area contributed by atoms with Crippen molar-refractivity contribution in [3.05, 3.63) is 83.4 Å². The van der Waals surface area contributed by atoms with E-state index in [4.69, 9.17) is 9.47 Å².